The second-order valence-electron chi connectivity index (χ2n) is 6.16. The van der Waals surface area contributed by atoms with Crippen LogP contribution in [0.4, 0.5) is 0 Å². The normalized spacial score (nSPS) is 49.8. The number of hydrogen-bond donors (Lipinski definition) is 0. The summed E-state index contributed by atoms with van der Waals surface area (Å²) in [6.45, 7) is 3.43. The highest BCUT2D eigenvalue weighted by molar-refractivity contribution is 4.96. The Morgan fingerprint density at radius 1 is 1.20 bits per heavy atom. The molecule has 1 aliphatic heterocycles. The van der Waals surface area contributed by atoms with Crippen molar-refractivity contribution >= 4 is 0 Å². The first-order chi connectivity index (χ1) is 7.31. The second-order valence-corrected chi connectivity index (χ2v) is 6.16. The van der Waals surface area contributed by atoms with E-state index >= 15 is 0 Å². The predicted molar refractivity (Wildman–Crippen MR) is 61.8 cm³/mol. The van der Waals surface area contributed by atoms with E-state index < -0.39 is 0 Å². The van der Waals surface area contributed by atoms with Gasteiger partial charge in [-0.1, -0.05) is 26.2 Å². The smallest absolute Gasteiger partial charge is 0.0685 e. The summed E-state index contributed by atoms with van der Waals surface area (Å²) in [5.41, 5.74) is 0.326. The summed E-state index contributed by atoms with van der Waals surface area (Å²) in [7, 11) is 0. The third-order valence-electron chi connectivity index (χ3n) is 5.13. The van der Waals surface area contributed by atoms with Crippen molar-refractivity contribution in [3.63, 3.8) is 0 Å². The molecule has 3 rings (SSSR count). The van der Waals surface area contributed by atoms with Gasteiger partial charge in [0.15, 0.2) is 0 Å². The highest BCUT2D eigenvalue weighted by atomic mass is 16.5. The Morgan fingerprint density at radius 2 is 2.13 bits per heavy atom. The summed E-state index contributed by atoms with van der Waals surface area (Å²) in [4.78, 5) is 0. The Balaban J connectivity index is 1.66. The summed E-state index contributed by atoms with van der Waals surface area (Å²) in [5, 5.41) is 0. The van der Waals surface area contributed by atoms with E-state index in [1.54, 1.807) is 0 Å². The van der Waals surface area contributed by atoms with E-state index in [1.807, 2.05) is 0 Å². The maximum atomic E-state index is 6.32. The number of rotatable bonds is 1. The van der Waals surface area contributed by atoms with Crippen LogP contribution in [-0.2, 0) is 4.74 Å². The first kappa shape index (κ1) is 10.1. The molecule has 0 N–H and O–H groups in total. The van der Waals surface area contributed by atoms with E-state index in [0.717, 1.165) is 24.4 Å². The van der Waals surface area contributed by atoms with E-state index in [2.05, 4.69) is 6.92 Å². The molecule has 0 unspecified atom stereocenters. The first-order valence-corrected chi connectivity index (χ1v) is 6.95. The molecule has 0 amide bonds. The van der Waals surface area contributed by atoms with Gasteiger partial charge in [0.05, 0.1) is 12.2 Å². The first-order valence-electron chi connectivity index (χ1n) is 6.95. The Hall–Kier alpha value is -0.0400. The molecular weight excluding hydrogens is 184 g/mol. The van der Waals surface area contributed by atoms with Gasteiger partial charge in [-0.15, -0.1) is 0 Å². The molecule has 15 heavy (non-hydrogen) atoms. The standard InChI is InChI=1S/C14H24O/c1-2-11-4-3-6-14(9-11)7-5-12-8-13(12)10-15-14/h11-13H,2-10H2,1H3/t11-,12-,13+,14+/m1/s1. The fraction of sp³-hybridized carbons (Fsp3) is 1.00. The third-order valence-corrected chi connectivity index (χ3v) is 5.13. The summed E-state index contributed by atoms with van der Waals surface area (Å²) < 4.78 is 6.32. The van der Waals surface area contributed by atoms with Gasteiger partial charge in [0, 0.05) is 0 Å². The van der Waals surface area contributed by atoms with Crippen LogP contribution in [0.25, 0.3) is 0 Å². The fourth-order valence-electron chi connectivity index (χ4n) is 3.82. The van der Waals surface area contributed by atoms with Crippen molar-refractivity contribution < 1.29 is 4.74 Å². The topological polar surface area (TPSA) is 9.23 Å². The highest BCUT2D eigenvalue weighted by Crippen LogP contribution is 2.50. The van der Waals surface area contributed by atoms with Gasteiger partial charge in [0.25, 0.3) is 0 Å². The van der Waals surface area contributed by atoms with Crippen LogP contribution in [0.1, 0.15) is 58.3 Å². The summed E-state index contributed by atoms with van der Waals surface area (Å²) in [5.74, 6) is 2.95. The minimum Gasteiger partial charge on any atom is -0.375 e. The molecule has 1 spiro atoms. The molecule has 2 aliphatic carbocycles. The maximum Gasteiger partial charge on any atom is 0.0685 e. The number of fused-ring (bicyclic) bond motifs is 1. The molecule has 2 saturated carbocycles. The van der Waals surface area contributed by atoms with Gasteiger partial charge in [-0.2, -0.15) is 0 Å². The lowest BCUT2D eigenvalue weighted by Crippen LogP contribution is -2.38. The molecule has 0 aromatic heterocycles. The van der Waals surface area contributed by atoms with Crippen LogP contribution in [0.3, 0.4) is 0 Å². The van der Waals surface area contributed by atoms with Gasteiger partial charge in [-0.05, 0) is 49.9 Å². The largest absolute Gasteiger partial charge is 0.375 e. The van der Waals surface area contributed by atoms with Crippen LogP contribution in [0.2, 0.25) is 0 Å². The van der Waals surface area contributed by atoms with Crippen molar-refractivity contribution in [1.29, 1.82) is 0 Å². The predicted octanol–water partition coefficient (Wildman–Crippen LogP) is 3.77. The van der Waals surface area contributed by atoms with E-state index in [9.17, 15) is 0 Å². The lowest BCUT2D eigenvalue weighted by molar-refractivity contribution is -0.0866. The molecule has 0 bridgehead atoms. The molecule has 1 heterocycles. The minimum absolute atomic E-state index is 0.326. The summed E-state index contributed by atoms with van der Waals surface area (Å²) in [6.07, 6.45) is 11.2. The maximum absolute atomic E-state index is 6.32. The zero-order valence-electron chi connectivity index (χ0n) is 10.0. The zero-order valence-corrected chi connectivity index (χ0v) is 10.0. The lowest BCUT2D eigenvalue weighted by Gasteiger charge is -2.40. The lowest BCUT2D eigenvalue weighted by atomic mass is 9.74. The van der Waals surface area contributed by atoms with Gasteiger partial charge in [-0.3, -0.25) is 0 Å². The molecule has 3 aliphatic rings. The van der Waals surface area contributed by atoms with Crippen molar-refractivity contribution in [3.8, 4) is 0 Å². The average Bonchev–Trinajstić information content (AvgIpc) is 3.03. The van der Waals surface area contributed by atoms with Crippen LogP contribution >= 0.6 is 0 Å². The minimum atomic E-state index is 0.326. The molecule has 4 atom stereocenters. The molecule has 3 fully saturated rings. The van der Waals surface area contributed by atoms with Crippen LogP contribution in [-0.4, -0.2) is 12.2 Å². The highest BCUT2D eigenvalue weighted by Gasteiger charge is 2.46. The molecule has 1 saturated heterocycles. The Kier molecular flexibility index (Phi) is 2.54. The Bertz CT molecular complexity index is 223. The molecule has 1 heteroatoms. The van der Waals surface area contributed by atoms with Crippen molar-refractivity contribution in [2.45, 2.75) is 63.9 Å². The average molecular weight is 208 g/mol. The SMILES string of the molecule is CC[C@@H]1CCC[C@]2(CC[C@@H]3C[C@H]3CO2)C1. The quantitative estimate of drug-likeness (QED) is 0.637. The van der Waals surface area contributed by atoms with Crippen molar-refractivity contribution in [1.82, 2.24) is 0 Å². The molecule has 86 valence electrons. The van der Waals surface area contributed by atoms with Gasteiger partial charge >= 0.3 is 0 Å². The van der Waals surface area contributed by atoms with Crippen LogP contribution in [0.5, 0.6) is 0 Å². The van der Waals surface area contributed by atoms with Crippen molar-refractivity contribution in [2.24, 2.45) is 17.8 Å². The van der Waals surface area contributed by atoms with Crippen molar-refractivity contribution in [3.05, 3.63) is 0 Å². The third kappa shape index (κ3) is 1.95. The van der Waals surface area contributed by atoms with Crippen molar-refractivity contribution in [2.75, 3.05) is 6.61 Å². The number of ether oxygens (including phenoxy) is 1. The van der Waals surface area contributed by atoms with E-state index in [-0.39, 0.29) is 0 Å². The monoisotopic (exact) mass is 208 g/mol. The van der Waals surface area contributed by atoms with Gasteiger partial charge in [0.2, 0.25) is 0 Å². The number of hydrogen-bond acceptors (Lipinski definition) is 1. The molecule has 0 radical (unpaired) electrons. The molecule has 0 aromatic carbocycles. The molecule has 0 aromatic rings. The van der Waals surface area contributed by atoms with Gasteiger partial charge < -0.3 is 4.74 Å². The summed E-state index contributed by atoms with van der Waals surface area (Å²) >= 11 is 0. The fourth-order valence-corrected chi connectivity index (χ4v) is 3.82. The van der Waals surface area contributed by atoms with Crippen LogP contribution < -0.4 is 0 Å². The van der Waals surface area contributed by atoms with Gasteiger partial charge in [-0.25, -0.2) is 0 Å². The second kappa shape index (κ2) is 3.76. The van der Waals surface area contributed by atoms with Crippen LogP contribution in [0, 0.1) is 17.8 Å². The molecule has 1 nitrogen and oxygen atoms in total. The van der Waals surface area contributed by atoms with Gasteiger partial charge in [0.1, 0.15) is 0 Å². The van der Waals surface area contributed by atoms with E-state index in [0.29, 0.717) is 5.60 Å². The van der Waals surface area contributed by atoms with E-state index in [1.165, 1.54) is 51.4 Å². The Morgan fingerprint density at radius 3 is 3.00 bits per heavy atom. The van der Waals surface area contributed by atoms with Crippen LogP contribution in [0.15, 0.2) is 0 Å². The zero-order chi connectivity index (χ0) is 10.3. The Labute approximate surface area is 93.6 Å². The molecular formula is C14H24O. The van der Waals surface area contributed by atoms with E-state index in [4.69, 9.17) is 4.74 Å². The summed E-state index contributed by atoms with van der Waals surface area (Å²) in [6, 6.07) is 0.